The molecule has 0 spiro atoms. The molecule has 0 unspecified atom stereocenters. The molecule has 0 fully saturated rings. The average molecular weight is 258 g/mol. The van der Waals surface area contributed by atoms with Crippen LogP contribution in [-0.2, 0) is 10.6 Å². The summed E-state index contributed by atoms with van der Waals surface area (Å²) in [5.41, 5.74) is 0.954. The number of carbonyl (C=O) groups excluding carboxylic acids is 1. The molecule has 0 saturated carbocycles. The van der Waals surface area contributed by atoms with Gasteiger partial charge in [-0.1, -0.05) is 11.6 Å². The molecule has 0 heterocycles. The van der Waals surface area contributed by atoms with Crippen molar-refractivity contribution in [2.45, 2.75) is 12.8 Å². The molecule has 0 bridgehead atoms. The van der Waals surface area contributed by atoms with E-state index in [1.54, 1.807) is 13.0 Å². The molecule has 0 aliphatic heterocycles. The minimum atomic E-state index is -0.562. The van der Waals surface area contributed by atoms with Gasteiger partial charge in [-0.25, -0.2) is 4.79 Å². The summed E-state index contributed by atoms with van der Waals surface area (Å²) < 4.78 is 4.83. The van der Waals surface area contributed by atoms with Crippen molar-refractivity contribution < 1.29 is 9.53 Å². The van der Waals surface area contributed by atoms with Gasteiger partial charge in [0.25, 0.3) is 0 Å². The van der Waals surface area contributed by atoms with Gasteiger partial charge in [0.2, 0.25) is 0 Å². The van der Waals surface area contributed by atoms with Crippen molar-refractivity contribution in [1.29, 1.82) is 5.26 Å². The Morgan fingerprint density at radius 2 is 2.25 bits per heavy atom. The summed E-state index contributed by atoms with van der Waals surface area (Å²) in [4.78, 5) is 11.6. The topological polar surface area (TPSA) is 50.1 Å². The van der Waals surface area contributed by atoms with Gasteiger partial charge < -0.3 is 4.74 Å². The van der Waals surface area contributed by atoms with Crippen molar-refractivity contribution in [2.24, 2.45) is 0 Å². The van der Waals surface area contributed by atoms with Gasteiger partial charge in [0, 0.05) is 5.88 Å². The first kappa shape index (κ1) is 12.8. The number of alkyl halides is 1. The third-order valence-electron chi connectivity index (χ3n) is 1.91. The van der Waals surface area contributed by atoms with Crippen LogP contribution in [0.15, 0.2) is 12.1 Å². The van der Waals surface area contributed by atoms with Gasteiger partial charge in [-0.3, -0.25) is 0 Å². The van der Waals surface area contributed by atoms with Crippen molar-refractivity contribution in [3.8, 4) is 6.07 Å². The predicted octanol–water partition coefficient (Wildman–Crippen LogP) is 3.13. The number of carbonyl (C=O) groups is 1. The van der Waals surface area contributed by atoms with Crippen molar-refractivity contribution in [1.82, 2.24) is 0 Å². The number of hydrogen-bond acceptors (Lipinski definition) is 3. The molecule has 1 aromatic rings. The molecule has 16 heavy (non-hydrogen) atoms. The highest BCUT2D eigenvalue weighted by Crippen LogP contribution is 2.23. The van der Waals surface area contributed by atoms with Crippen LogP contribution in [-0.4, -0.2) is 12.6 Å². The Morgan fingerprint density at radius 3 is 2.75 bits per heavy atom. The number of nitrogens with zero attached hydrogens (tertiary/aromatic N) is 1. The summed E-state index contributed by atoms with van der Waals surface area (Å²) >= 11 is 11.5. The van der Waals surface area contributed by atoms with Crippen LogP contribution in [0.3, 0.4) is 0 Å². The lowest BCUT2D eigenvalue weighted by Crippen LogP contribution is -2.08. The Kier molecular flexibility index (Phi) is 4.60. The fourth-order valence-corrected chi connectivity index (χ4v) is 1.66. The molecule has 0 radical (unpaired) electrons. The second kappa shape index (κ2) is 5.74. The lowest BCUT2D eigenvalue weighted by molar-refractivity contribution is 0.0526. The normalized spacial score (nSPS) is 9.62. The first-order valence-electron chi connectivity index (χ1n) is 4.59. The van der Waals surface area contributed by atoms with E-state index in [1.807, 2.05) is 6.07 Å². The molecular weight excluding hydrogens is 249 g/mol. The van der Waals surface area contributed by atoms with Crippen LogP contribution in [0, 0.1) is 11.3 Å². The highest BCUT2D eigenvalue weighted by Gasteiger charge is 2.16. The van der Waals surface area contributed by atoms with Crippen LogP contribution in [0.5, 0.6) is 0 Å². The predicted molar refractivity (Wildman–Crippen MR) is 61.7 cm³/mol. The second-order valence-corrected chi connectivity index (χ2v) is 3.64. The van der Waals surface area contributed by atoms with Gasteiger partial charge in [-0.2, -0.15) is 5.26 Å². The smallest absolute Gasteiger partial charge is 0.339 e. The standard InChI is InChI=1S/C11H9Cl2NO2/c1-2-16-11(15)8-3-7(5-12)4-10(13)9(8)6-14/h3-4H,2,5H2,1H3. The molecule has 0 aliphatic carbocycles. The molecule has 0 N–H and O–H groups in total. The number of nitriles is 1. The van der Waals surface area contributed by atoms with Gasteiger partial charge in [-0.05, 0) is 24.6 Å². The van der Waals surface area contributed by atoms with Crippen molar-refractivity contribution in [3.05, 3.63) is 33.8 Å². The van der Waals surface area contributed by atoms with E-state index in [0.717, 1.165) is 0 Å². The fourth-order valence-electron chi connectivity index (χ4n) is 1.22. The van der Waals surface area contributed by atoms with E-state index < -0.39 is 5.97 Å². The molecule has 0 aliphatic rings. The van der Waals surface area contributed by atoms with Crippen molar-refractivity contribution in [2.75, 3.05) is 6.61 Å². The maximum Gasteiger partial charge on any atom is 0.339 e. The van der Waals surface area contributed by atoms with Crippen LogP contribution in [0.25, 0.3) is 0 Å². The van der Waals surface area contributed by atoms with E-state index >= 15 is 0 Å². The molecule has 1 rings (SSSR count). The van der Waals surface area contributed by atoms with Gasteiger partial charge in [-0.15, -0.1) is 11.6 Å². The van der Waals surface area contributed by atoms with E-state index in [9.17, 15) is 4.79 Å². The van der Waals surface area contributed by atoms with Crippen molar-refractivity contribution in [3.63, 3.8) is 0 Å². The Hall–Kier alpha value is -1.24. The summed E-state index contributed by atoms with van der Waals surface area (Å²) in [7, 11) is 0. The van der Waals surface area contributed by atoms with Crippen LogP contribution < -0.4 is 0 Å². The zero-order chi connectivity index (χ0) is 12.1. The summed E-state index contributed by atoms with van der Waals surface area (Å²) in [6, 6.07) is 4.97. The van der Waals surface area contributed by atoms with E-state index in [1.165, 1.54) is 6.07 Å². The van der Waals surface area contributed by atoms with Gasteiger partial charge in [0.05, 0.1) is 22.8 Å². The highest BCUT2D eigenvalue weighted by molar-refractivity contribution is 6.32. The number of rotatable bonds is 3. The Balaban J connectivity index is 3.29. The highest BCUT2D eigenvalue weighted by atomic mass is 35.5. The van der Waals surface area contributed by atoms with Gasteiger partial charge in [0.1, 0.15) is 6.07 Å². The second-order valence-electron chi connectivity index (χ2n) is 2.97. The third kappa shape index (κ3) is 2.66. The summed E-state index contributed by atoms with van der Waals surface area (Å²) in [5, 5.41) is 9.12. The largest absolute Gasteiger partial charge is 0.462 e. The zero-order valence-electron chi connectivity index (χ0n) is 8.59. The Labute approximate surface area is 104 Å². The molecule has 3 nitrogen and oxygen atoms in total. The molecule has 5 heteroatoms. The zero-order valence-corrected chi connectivity index (χ0v) is 10.1. The summed E-state index contributed by atoms with van der Waals surface area (Å²) in [5.74, 6) is -0.342. The number of hydrogen-bond donors (Lipinski definition) is 0. The van der Waals surface area contributed by atoms with Crippen molar-refractivity contribution >= 4 is 29.2 Å². The van der Waals surface area contributed by atoms with Crippen LogP contribution in [0.1, 0.15) is 28.4 Å². The van der Waals surface area contributed by atoms with Crippen LogP contribution >= 0.6 is 23.2 Å². The van der Waals surface area contributed by atoms with Crippen LogP contribution in [0.2, 0.25) is 5.02 Å². The van der Waals surface area contributed by atoms with E-state index in [0.29, 0.717) is 5.56 Å². The number of ether oxygens (including phenoxy) is 1. The molecule has 84 valence electrons. The van der Waals surface area contributed by atoms with E-state index in [-0.39, 0.29) is 28.6 Å². The molecule has 0 aromatic heterocycles. The Bertz CT molecular complexity index is 452. The molecular formula is C11H9Cl2NO2. The van der Waals surface area contributed by atoms with Gasteiger partial charge >= 0.3 is 5.97 Å². The number of benzene rings is 1. The van der Waals surface area contributed by atoms with E-state index in [2.05, 4.69) is 0 Å². The van der Waals surface area contributed by atoms with Gasteiger partial charge in [0.15, 0.2) is 0 Å². The minimum Gasteiger partial charge on any atom is -0.462 e. The maximum atomic E-state index is 11.6. The SMILES string of the molecule is CCOC(=O)c1cc(CCl)cc(Cl)c1C#N. The van der Waals surface area contributed by atoms with E-state index in [4.69, 9.17) is 33.2 Å². The summed E-state index contributed by atoms with van der Waals surface area (Å²) in [6.07, 6.45) is 0. The average Bonchev–Trinajstić information content (AvgIpc) is 2.28. The third-order valence-corrected chi connectivity index (χ3v) is 2.52. The van der Waals surface area contributed by atoms with Crippen LogP contribution in [0.4, 0.5) is 0 Å². The molecule has 0 saturated heterocycles. The first-order valence-corrected chi connectivity index (χ1v) is 5.50. The number of esters is 1. The molecule has 0 amide bonds. The lowest BCUT2D eigenvalue weighted by atomic mass is 10.1. The summed E-state index contributed by atoms with van der Waals surface area (Å²) in [6.45, 7) is 1.93. The lowest BCUT2D eigenvalue weighted by Gasteiger charge is -2.07. The quantitative estimate of drug-likeness (QED) is 0.618. The molecule has 0 atom stereocenters. The Morgan fingerprint density at radius 1 is 1.56 bits per heavy atom. The molecule has 1 aromatic carbocycles. The fraction of sp³-hybridized carbons (Fsp3) is 0.273. The maximum absolute atomic E-state index is 11.6. The first-order chi connectivity index (χ1) is 7.63. The number of halogens is 2. The monoisotopic (exact) mass is 257 g/mol. The minimum absolute atomic E-state index is 0.119.